The Labute approximate surface area is 104 Å². The topological polar surface area (TPSA) is 57.6 Å². The number of benzene rings is 2. The van der Waals surface area contributed by atoms with Crippen molar-refractivity contribution in [1.82, 2.24) is 0 Å². The quantitative estimate of drug-likeness (QED) is 0.510. The zero-order chi connectivity index (χ0) is 13.0. The maximum atomic E-state index is 12.0. The molecule has 18 heavy (non-hydrogen) atoms. The number of para-hydroxylation sites is 1. The maximum Gasteiger partial charge on any atom is 0.282 e. The minimum absolute atomic E-state index is 0.166. The molecular formula is C14H11NO3. The van der Waals surface area contributed by atoms with Crippen molar-refractivity contribution in [1.29, 1.82) is 0 Å². The summed E-state index contributed by atoms with van der Waals surface area (Å²) in [5.74, 6) is -0.635. The number of hydrogen-bond donors (Lipinski definition) is 1. The number of carbonyl (C=O) groups is 2. The van der Waals surface area contributed by atoms with Crippen LogP contribution in [0.2, 0.25) is 0 Å². The van der Waals surface area contributed by atoms with Crippen molar-refractivity contribution in [2.75, 3.05) is 5.06 Å². The van der Waals surface area contributed by atoms with Gasteiger partial charge in [-0.2, -0.15) is 5.06 Å². The monoisotopic (exact) mass is 241 g/mol. The largest absolute Gasteiger partial charge is 0.298 e. The summed E-state index contributed by atoms with van der Waals surface area (Å²) in [7, 11) is 0. The highest BCUT2D eigenvalue weighted by atomic mass is 16.5. The molecule has 0 unspecified atom stereocenters. The van der Waals surface area contributed by atoms with Crippen LogP contribution >= 0.6 is 0 Å². The second-order valence-electron chi connectivity index (χ2n) is 3.66. The lowest BCUT2D eigenvalue weighted by Crippen LogP contribution is -2.27. The van der Waals surface area contributed by atoms with E-state index in [1.807, 2.05) is 0 Å². The van der Waals surface area contributed by atoms with Gasteiger partial charge in [-0.15, -0.1) is 0 Å². The van der Waals surface area contributed by atoms with E-state index in [-0.39, 0.29) is 11.1 Å². The van der Waals surface area contributed by atoms with Gasteiger partial charge < -0.3 is 0 Å². The van der Waals surface area contributed by atoms with Crippen LogP contribution in [0.1, 0.15) is 20.7 Å². The first-order valence-electron chi connectivity index (χ1n) is 5.36. The Morgan fingerprint density at radius 1 is 1.00 bits per heavy atom. The Hall–Kier alpha value is -2.46. The van der Waals surface area contributed by atoms with Crippen molar-refractivity contribution in [3.05, 3.63) is 65.7 Å². The molecule has 1 amide bonds. The molecule has 0 saturated heterocycles. The van der Waals surface area contributed by atoms with Gasteiger partial charge in [0.15, 0.2) is 6.29 Å². The third-order valence-corrected chi connectivity index (χ3v) is 2.51. The number of aldehydes is 1. The lowest BCUT2D eigenvalue weighted by Gasteiger charge is -2.15. The predicted molar refractivity (Wildman–Crippen MR) is 66.9 cm³/mol. The number of nitrogens with zero attached hydrogens (tertiary/aromatic N) is 1. The molecule has 0 spiro atoms. The average molecular weight is 241 g/mol. The first kappa shape index (κ1) is 12.0. The van der Waals surface area contributed by atoms with Crippen LogP contribution < -0.4 is 5.06 Å². The summed E-state index contributed by atoms with van der Waals surface area (Å²) < 4.78 is 0. The number of carbonyl (C=O) groups excluding carboxylic acids is 2. The number of hydrogen-bond acceptors (Lipinski definition) is 3. The van der Waals surface area contributed by atoms with Gasteiger partial charge in [-0.25, -0.2) is 0 Å². The summed E-state index contributed by atoms with van der Waals surface area (Å²) >= 11 is 0. The average Bonchev–Trinajstić information content (AvgIpc) is 2.46. The van der Waals surface area contributed by atoms with E-state index in [9.17, 15) is 14.8 Å². The molecule has 4 heteroatoms. The fraction of sp³-hybridized carbons (Fsp3) is 0. The molecule has 1 N–H and O–H groups in total. The summed E-state index contributed by atoms with van der Waals surface area (Å²) in [6.07, 6.45) is 0.589. The van der Waals surface area contributed by atoms with Crippen molar-refractivity contribution in [2.45, 2.75) is 0 Å². The van der Waals surface area contributed by atoms with E-state index >= 15 is 0 Å². The standard InChI is InChI=1S/C14H11NO3/c16-10-11-6-4-5-9-13(11)14(17)15(18)12-7-2-1-3-8-12/h1-10,18H. The Morgan fingerprint density at radius 3 is 2.28 bits per heavy atom. The SMILES string of the molecule is O=Cc1ccccc1C(=O)N(O)c1ccccc1. The third-order valence-electron chi connectivity index (χ3n) is 2.51. The van der Waals surface area contributed by atoms with Gasteiger partial charge in [0.25, 0.3) is 5.91 Å². The van der Waals surface area contributed by atoms with E-state index in [1.165, 1.54) is 12.1 Å². The van der Waals surface area contributed by atoms with E-state index < -0.39 is 5.91 Å². The molecule has 0 aliphatic heterocycles. The summed E-state index contributed by atoms with van der Waals surface area (Å²) in [6, 6.07) is 14.7. The van der Waals surface area contributed by atoms with Crippen molar-refractivity contribution >= 4 is 17.9 Å². The third kappa shape index (κ3) is 2.28. The molecule has 0 saturated carbocycles. The van der Waals surface area contributed by atoms with Crippen LogP contribution in [0.25, 0.3) is 0 Å². The molecule has 0 bridgehead atoms. The van der Waals surface area contributed by atoms with Crippen LogP contribution in [-0.4, -0.2) is 17.4 Å². The van der Waals surface area contributed by atoms with Gasteiger partial charge in [-0.1, -0.05) is 36.4 Å². The number of hydroxylamine groups is 1. The van der Waals surface area contributed by atoms with E-state index in [4.69, 9.17) is 0 Å². The normalized spacial score (nSPS) is 9.83. The fourth-order valence-electron chi connectivity index (χ4n) is 1.60. The minimum atomic E-state index is -0.635. The van der Waals surface area contributed by atoms with Crippen molar-refractivity contribution in [3.8, 4) is 0 Å². The molecule has 0 heterocycles. The maximum absolute atomic E-state index is 12.0. The smallest absolute Gasteiger partial charge is 0.282 e. The van der Waals surface area contributed by atoms with Crippen LogP contribution in [0.5, 0.6) is 0 Å². The number of anilines is 1. The molecule has 0 aliphatic carbocycles. The first-order chi connectivity index (χ1) is 8.74. The van der Waals surface area contributed by atoms with Crippen LogP contribution in [0.3, 0.4) is 0 Å². The number of rotatable bonds is 3. The molecule has 0 fully saturated rings. The van der Waals surface area contributed by atoms with Crippen LogP contribution in [0.15, 0.2) is 54.6 Å². The van der Waals surface area contributed by atoms with Crippen LogP contribution in [-0.2, 0) is 0 Å². The summed E-state index contributed by atoms with van der Waals surface area (Å²) in [5, 5.41) is 10.4. The lowest BCUT2D eigenvalue weighted by molar-refractivity contribution is 0.0851. The molecule has 0 atom stereocenters. The molecule has 2 aromatic rings. The lowest BCUT2D eigenvalue weighted by atomic mass is 10.1. The van der Waals surface area contributed by atoms with E-state index in [0.717, 1.165) is 0 Å². The molecule has 2 aromatic carbocycles. The second kappa shape index (κ2) is 5.25. The van der Waals surface area contributed by atoms with Gasteiger partial charge in [0.1, 0.15) is 0 Å². The summed E-state index contributed by atoms with van der Waals surface area (Å²) in [5.41, 5.74) is 0.763. The Morgan fingerprint density at radius 2 is 1.61 bits per heavy atom. The Kier molecular flexibility index (Phi) is 3.50. The predicted octanol–water partition coefficient (Wildman–Crippen LogP) is 2.54. The Bertz CT molecular complexity index is 566. The number of amides is 1. The molecule has 0 radical (unpaired) electrons. The van der Waals surface area contributed by atoms with E-state index in [1.54, 1.807) is 42.5 Å². The van der Waals surface area contributed by atoms with Gasteiger partial charge in [0.2, 0.25) is 0 Å². The van der Waals surface area contributed by atoms with Gasteiger partial charge >= 0.3 is 0 Å². The molecular weight excluding hydrogens is 230 g/mol. The molecule has 90 valence electrons. The summed E-state index contributed by atoms with van der Waals surface area (Å²) in [6.45, 7) is 0. The highest BCUT2D eigenvalue weighted by Crippen LogP contribution is 2.16. The Balaban J connectivity index is 2.34. The molecule has 2 rings (SSSR count). The molecule has 4 nitrogen and oxygen atoms in total. The van der Waals surface area contributed by atoms with Crippen molar-refractivity contribution < 1.29 is 14.8 Å². The van der Waals surface area contributed by atoms with Gasteiger partial charge in [-0.05, 0) is 18.2 Å². The molecule has 0 aromatic heterocycles. The van der Waals surface area contributed by atoms with Crippen molar-refractivity contribution in [2.24, 2.45) is 0 Å². The first-order valence-corrected chi connectivity index (χ1v) is 5.36. The van der Waals surface area contributed by atoms with Gasteiger partial charge in [-0.3, -0.25) is 14.8 Å². The second-order valence-corrected chi connectivity index (χ2v) is 3.66. The minimum Gasteiger partial charge on any atom is -0.298 e. The van der Waals surface area contributed by atoms with Gasteiger partial charge in [0.05, 0.1) is 11.3 Å². The zero-order valence-corrected chi connectivity index (χ0v) is 9.48. The summed E-state index contributed by atoms with van der Waals surface area (Å²) in [4.78, 5) is 22.9. The van der Waals surface area contributed by atoms with Crippen LogP contribution in [0.4, 0.5) is 5.69 Å². The highest BCUT2D eigenvalue weighted by molar-refractivity contribution is 6.08. The fourth-order valence-corrected chi connectivity index (χ4v) is 1.60. The van der Waals surface area contributed by atoms with Crippen LogP contribution in [0, 0.1) is 0 Å². The molecule has 0 aliphatic rings. The highest BCUT2D eigenvalue weighted by Gasteiger charge is 2.17. The van der Waals surface area contributed by atoms with E-state index in [2.05, 4.69) is 0 Å². The van der Waals surface area contributed by atoms with E-state index in [0.29, 0.717) is 17.0 Å². The van der Waals surface area contributed by atoms with Crippen molar-refractivity contribution in [3.63, 3.8) is 0 Å². The van der Waals surface area contributed by atoms with Gasteiger partial charge in [0, 0.05) is 5.56 Å². The zero-order valence-electron chi connectivity index (χ0n) is 9.48.